The fourth-order valence-corrected chi connectivity index (χ4v) is 3.12. The summed E-state index contributed by atoms with van der Waals surface area (Å²) < 4.78 is 29.0. The molecule has 0 aliphatic rings. The lowest BCUT2D eigenvalue weighted by molar-refractivity contribution is -0.394. The van der Waals surface area contributed by atoms with Gasteiger partial charge in [0.1, 0.15) is 17.3 Å². The van der Waals surface area contributed by atoms with Gasteiger partial charge in [-0.1, -0.05) is 27.6 Å². The molecular formula is C12H10ClN3O5S. The Labute approximate surface area is 131 Å². The minimum absolute atomic E-state index is 0.0367. The van der Waals surface area contributed by atoms with Gasteiger partial charge in [-0.25, -0.2) is 0 Å². The van der Waals surface area contributed by atoms with Crippen molar-refractivity contribution in [2.45, 2.75) is 11.8 Å². The second-order valence-electron chi connectivity index (χ2n) is 4.03. The number of halogens is 1. The minimum atomic E-state index is -4.01. The smallest absolute Gasteiger partial charge is 0.390 e. The summed E-state index contributed by atoms with van der Waals surface area (Å²) in [7, 11) is -4.01. The van der Waals surface area contributed by atoms with Crippen molar-refractivity contribution in [1.29, 1.82) is 0 Å². The van der Waals surface area contributed by atoms with Crippen LogP contribution in [0.4, 0.5) is 5.95 Å². The van der Waals surface area contributed by atoms with Gasteiger partial charge in [0.2, 0.25) is 0 Å². The van der Waals surface area contributed by atoms with Gasteiger partial charge in [0, 0.05) is 10.6 Å². The van der Waals surface area contributed by atoms with E-state index in [1.165, 1.54) is 37.5 Å². The highest BCUT2D eigenvalue weighted by molar-refractivity contribution is 7.87. The van der Waals surface area contributed by atoms with Crippen LogP contribution < -0.4 is 0 Å². The van der Waals surface area contributed by atoms with Gasteiger partial charge in [0.05, 0.1) is 12.2 Å². The first kappa shape index (κ1) is 16.3. The van der Waals surface area contributed by atoms with E-state index in [0.717, 1.165) is 0 Å². The van der Waals surface area contributed by atoms with Gasteiger partial charge < -0.3 is 10.1 Å². The number of nitro groups is 1. The van der Waals surface area contributed by atoms with Crippen LogP contribution in [0.25, 0.3) is 11.1 Å². The first-order valence-electron chi connectivity index (χ1n) is 6.01. The average molecular weight is 344 g/mol. The number of nitrogens with zero attached hydrogens (tertiary/aromatic N) is 3. The van der Waals surface area contributed by atoms with E-state index in [4.69, 9.17) is 15.8 Å². The van der Waals surface area contributed by atoms with Gasteiger partial charge in [-0.2, -0.15) is 8.42 Å². The standard InChI is InChI=1S/C12H10ClN3O5S/c1-2-21-22(19,20)11-5-9(13)3-4-10(11)8-6-14-12(15-7-8)16(17)18/h3-7H,2H2,1H3. The third-order valence-electron chi connectivity index (χ3n) is 2.60. The van der Waals surface area contributed by atoms with Gasteiger partial charge in [-0.05, 0) is 24.0 Å². The summed E-state index contributed by atoms with van der Waals surface area (Å²) >= 11 is 5.84. The van der Waals surface area contributed by atoms with Crippen LogP contribution in [-0.4, -0.2) is 29.9 Å². The summed E-state index contributed by atoms with van der Waals surface area (Å²) in [4.78, 5) is 16.8. The molecule has 0 atom stereocenters. The van der Waals surface area contributed by atoms with Crippen molar-refractivity contribution >= 4 is 27.7 Å². The van der Waals surface area contributed by atoms with Crippen LogP contribution in [0.1, 0.15) is 6.92 Å². The van der Waals surface area contributed by atoms with E-state index in [1.807, 2.05) is 0 Å². The Morgan fingerprint density at radius 3 is 2.50 bits per heavy atom. The highest BCUT2D eigenvalue weighted by atomic mass is 35.5. The molecule has 0 unspecified atom stereocenters. The zero-order valence-electron chi connectivity index (χ0n) is 11.3. The van der Waals surface area contributed by atoms with Crippen molar-refractivity contribution in [3.63, 3.8) is 0 Å². The molecule has 0 saturated heterocycles. The number of aromatic nitrogens is 2. The van der Waals surface area contributed by atoms with Gasteiger partial charge in [-0.15, -0.1) is 0 Å². The summed E-state index contributed by atoms with van der Waals surface area (Å²) in [6.45, 7) is 1.50. The number of hydrogen-bond donors (Lipinski definition) is 0. The zero-order valence-corrected chi connectivity index (χ0v) is 12.8. The SMILES string of the molecule is CCOS(=O)(=O)c1cc(Cl)ccc1-c1cnc([N+](=O)[O-])nc1. The van der Waals surface area contributed by atoms with Crippen molar-refractivity contribution in [3.8, 4) is 11.1 Å². The van der Waals surface area contributed by atoms with Gasteiger partial charge >= 0.3 is 5.95 Å². The Balaban J connectivity index is 2.58. The molecule has 0 aliphatic heterocycles. The number of benzene rings is 1. The highest BCUT2D eigenvalue weighted by Gasteiger charge is 2.22. The van der Waals surface area contributed by atoms with Crippen molar-refractivity contribution in [1.82, 2.24) is 9.97 Å². The summed E-state index contributed by atoms with van der Waals surface area (Å²) in [5.41, 5.74) is 0.535. The molecule has 10 heteroatoms. The van der Waals surface area contributed by atoms with E-state index in [-0.39, 0.29) is 22.1 Å². The average Bonchev–Trinajstić information content (AvgIpc) is 2.47. The lowest BCUT2D eigenvalue weighted by Crippen LogP contribution is -2.08. The molecule has 0 bridgehead atoms. The molecule has 22 heavy (non-hydrogen) atoms. The predicted octanol–water partition coefficient (Wildman–Crippen LogP) is 2.43. The number of rotatable bonds is 5. The lowest BCUT2D eigenvalue weighted by Gasteiger charge is -2.09. The summed E-state index contributed by atoms with van der Waals surface area (Å²) in [5.74, 6) is -0.577. The van der Waals surface area contributed by atoms with Crippen LogP contribution >= 0.6 is 11.6 Å². The molecule has 0 fully saturated rings. The number of hydrogen-bond acceptors (Lipinski definition) is 7. The third-order valence-corrected chi connectivity index (χ3v) is 4.26. The van der Waals surface area contributed by atoms with Crippen molar-refractivity contribution in [3.05, 3.63) is 45.7 Å². The Hall–Kier alpha value is -2.10. The fourth-order valence-electron chi connectivity index (χ4n) is 1.71. The van der Waals surface area contributed by atoms with Gasteiger partial charge in [0.25, 0.3) is 10.1 Å². The van der Waals surface area contributed by atoms with E-state index in [9.17, 15) is 18.5 Å². The van der Waals surface area contributed by atoms with Crippen molar-refractivity contribution in [2.75, 3.05) is 6.61 Å². The van der Waals surface area contributed by atoms with Crippen LogP contribution in [0.2, 0.25) is 5.02 Å². The molecule has 2 rings (SSSR count). The van der Waals surface area contributed by atoms with Crippen molar-refractivity contribution in [2.24, 2.45) is 0 Å². The largest absolute Gasteiger partial charge is 0.468 e. The Morgan fingerprint density at radius 2 is 1.95 bits per heavy atom. The molecule has 8 nitrogen and oxygen atoms in total. The quantitative estimate of drug-likeness (QED) is 0.465. The topological polar surface area (TPSA) is 112 Å². The van der Waals surface area contributed by atoms with Gasteiger partial charge in [-0.3, -0.25) is 4.18 Å². The Morgan fingerprint density at radius 1 is 1.32 bits per heavy atom. The van der Waals surface area contributed by atoms with Crippen LogP contribution in [0.3, 0.4) is 0 Å². The zero-order chi connectivity index (χ0) is 16.3. The van der Waals surface area contributed by atoms with E-state index >= 15 is 0 Å². The monoisotopic (exact) mass is 343 g/mol. The molecule has 0 amide bonds. The molecule has 116 valence electrons. The van der Waals surface area contributed by atoms with Crippen LogP contribution in [0.15, 0.2) is 35.5 Å². The molecule has 0 saturated carbocycles. The molecule has 1 heterocycles. The first-order chi connectivity index (χ1) is 10.3. The van der Waals surface area contributed by atoms with E-state index in [2.05, 4.69) is 9.97 Å². The Kier molecular flexibility index (Phi) is 4.69. The molecular weight excluding hydrogens is 334 g/mol. The van der Waals surface area contributed by atoms with Crippen LogP contribution in [0, 0.1) is 10.1 Å². The maximum absolute atomic E-state index is 12.1. The minimum Gasteiger partial charge on any atom is -0.390 e. The Bertz CT molecular complexity index is 808. The highest BCUT2D eigenvalue weighted by Crippen LogP contribution is 2.30. The molecule has 0 N–H and O–H groups in total. The second-order valence-corrected chi connectivity index (χ2v) is 6.05. The van der Waals surface area contributed by atoms with Crippen LogP contribution in [0.5, 0.6) is 0 Å². The van der Waals surface area contributed by atoms with Crippen molar-refractivity contribution < 1.29 is 17.5 Å². The normalized spacial score (nSPS) is 11.4. The maximum atomic E-state index is 12.1. The maximum Gasteiger partial charge on any atom is 0.468 e. The van der Waals surface area contributed by atoms with E-state index < -0.39 is 21.0 Å². The van der Waals surface area contributed by atoms with E-state index in [1.54, 1.807) is 0 Å². The second kappa shape index (κ2) is 6.34. The molecule has 2 aromatic rings. The molecule has 0 spiro atoms. The molecule has 0 aliphatic carbocycles. The van der Waals surface area contributed by atoms with E-state index in [0.29, 0.717) is 5.56 Å². The molecule has 1 aromatic heterocycles. The van der Waals surface area contributed by atoms with Gasteiger partial charge in [0.15, 0.2) is 0 Å². The third kappa shape index (κ3) is 3.38. The van der Waals surface area contributed by atoms with Crippen LogP contribution in [-0.2, 0) is 14.3 Å². The first-order valence-corrected chi connectivity index (χ1v) is 7.79. The summed E-state index contributed by atoms with van der Waals surface area (Å²) in [6, 6.07) is 4.19. The lowest BCUT2D eigenvalue weighted by atomic mass is 10.1. The summed E-state index contributed by atoms with van der Waals surface area (Å²) in [5, 5.41) is 10.8. The molecule has 1 aromatic carbocycles. The summed E-state index contributed by atoms with van der Waals surface area (Å²) in [6.07, 6.45) is 2.33. The predicted molar refractivity (Wildman–Crippen MR) is 77.9 cm³/mol. The molecule has 0 radical (unpaired) electrons. The fraction of sp³-hybridized carbons (Fsp3) is 0.167.